The standard InChI is InChI=1S/C23H24F5N3O3/c1-12-30-17-9-18(32-4)19(34-11-22(2,3)33-5)8-15(17)21(31-12)29-10-13-6-14(24)7-16(20(13)25)23(26,27)28/h6-9H,10-11H2,1-5H3,(H,29,30,31). The van der Waals surface area contributed by atoms with Crippen LogP contribution in [0.3, 0.4) is 0 Å². The van der Waals surface area contributed by atoms with Crippen molar-refractivity contribution in [1.29, 1.82) is 0 Å². The Hall–Kier alpha value is -3.21. The molecule has 0 radical (unpaired) electrons. The highest BCUT2D eigenvalue weighted by Crippen LogP contribution is 2.36. The minimum Gasteiger partial charge on any atom is -0.493 e. The van der Waals surface area contributed by atoms with E-state index < -0.39 is 41.1 Å². The fourth-order valence-corrected chi connectivity index (χ4v) is 3.13. The van der Waals surface area contributed by atoms with Crippen molar-refractivity contribution in [3.8, 4) is 11.5 Å². The Morgan fingerprint density at radius 1 is 0.971 bits per heavy atom. The van der Waals surface area contributed by atoms with Crippen LogP contribution in [0.1, 0.15) is 30.8 Å². The van der Waals surface area contributed by atoms with Crippen LogP contribution in [-0.4, -0.2) is 36.4 Å². The zero-order valence-electron chi connectivity index (χ0n) is 19.2. The van der Waals surface area contributed by atoms with E-state index >= 15 is 0 Å². The fraction of sp³-hybridized carbons (Fsp3) is 0.391. The largest absolute Gasteiger partial charge is 0.493 e. The zero-order chi connectivity index (χ0) is 25.3. The van der Waals surface area contributed by atoms with E-state index in [1.165, 1.54) is 7.11 Å². The molecular formula is C23H24F5N3O3. The van der Waals surface area contributed by atoms with Gasteiger partial charge in [-0.2, -0.15) is 13.2 Å². The van der Waals surface area contributed by atoms with E-state index in [1.54, 1.807) is 26.2 Å². The first-order chi connectivity index (χ1) is 15.8. The summed E-state index contributed by atoms with van der Waals surface area (Å²) in [7, 11) is 3.02. The third kappa shape index (κ3) is 5.64. The Kier molecular flexibility index (Phi) is 7.15. The summed E-state index contributed by atoms with van der Waals surface area (Å²) in [5.74, 6) is -1.44. The highest BCUT2D eigenvalue weighted by Gasteiger charge is 2.35. The second-order valence-corrected chi connectivity index (χ2v) is 8.17. The number of halogens is 5. The van der Waals surface area contributed by atoms with Crippen molar-refractivity contribution in [2.45, 2.75) is 39.1 Å². The molecule has 6 nitrogen and oxygen atoms in total. The minimum atomic E-state index is -5.03. The van der Waals surface area contributed by atoms with Crippen molar-refractivity contribution in [1.82, 2.24) is 9.97 Å². The lowest BCUT2D eigenvalue weighted by molar-refractivity contribution is -0.140. The third-order valence-corrected chi connectivity index (χ3v) is 5.09. The zero-order valence-corrected chi connectivity index (χ0v) is 19.2. The van der Waals surface area contributed by atoms with Crippen LogP contribution in [0.15, 0.2) is 24.3 Å². The number of nitrogens with one attached hydrogen (secondary N) is 1. The summed E-state index contributed by atoms with van der Waals surface area (Å²) in [6, 6.07) is 4.05. The molecule has 0 spiro atoms. The third-order valence-electron chi connectivity index (χ3n) is 5.09. The van der Waals surface area contributed by atoms with Gasteiger partial charge in [0.2, 0.25) is 0 Å². The van der Waals surface area contributed by atoms with Crippen LogP contribution in [-0.2, 0) is 17.5 Å². The predicted molar refractivity (Wildman–Crippen MR) is 116 cm³/mol. The van der Waals surface area contributed by atoms with Crippen molar-refractivity contribution >= 4 is 16.7 Å². The Balaban J connectivity index is 2.00. The summed E-state index contributed by atoms with van der Waals surface area (Å²) in [5.41, 5.74) is -2.30. The number of ether oxygens (including phenoxy) is 3. The molecule has 0 bridgehead atoms. The number of hydrogen-bond acceptors (Lipinski definition) is 6. The number of aromatic nitrogens is 2. The van der Waals surface area contributed by atoms with Crippen LogP contribution in [0.4, 0.5) is 27.8 Å². The molecule has 1 N–H and O–H groups in total. The van der Waals surface area contributed by atoms with Gasteiger partial charge in [-0.1, -0.05) is 0 Å². The maximum absolute atomic E-state index is 14.4. The molecule has 0 atom stereocenters. The van der Waals surface area contributed by atoms with Gasteiger partial charge in [0.25, 0.3) is 0 Å². The molecular weight excluding hydrogens is 461 g/mol. The first kappa shape index (κ1) is 25.4. The molecule has 3 rings (SSSR count). The van der Waals surface area contributed by atoms with E-state index in [0.29, 0.717) is 34.3 Å². The molecule has 1 aromatic heterocycles. The second-order valence-electron chi connectivity index (χ2n) is 8.17. The number of aryl methyl sites for hydroxylation is 1. The van der Waals surface area contributed by atoms with Gasteiger partial charge in [-0.15, -0.1) is 0 Å². The molecule has 34 heavy (non-hydrogen) atoms. The molecule has 2 aromatic carbocycles. The van der Waals surface area contributed by atoms with E-state index in [1.807, 2.05) is 13.8 Å². The van der Waals surface area contributed by atoms with Gasteiger partial charge in [0, 0.05) is 30.7 Å². The molecule has 1 heterocycles. The first-order valence-corrected chi connectivity index (χ1v) is 10.2. The summed E-state index contributed by atoms with van der Waals surface area (Å²) in [4.78, 5) is 8.63. The Labute approximate surface area is 193 Å². The minimum absolute atomic E-state index is 0.125. The van der Waals surface area contributed by atoms with E-state index in [4.69, 9.17) is 14.2 Å². The number of alkyl halides is 3. The number of rotatable bonds is 8. The second kappa shape index (κ2) is 9.57. The van der Waals surface area contributed by atoms with Gasteiger partial charge in [-0.25, -0.2) is 18.7 Å². The number of anilines is 1. The number of nitrogens with zero attached hydrogens (tertiary/aromatic N) is 2. The van der Waals surface area contributed by atoms with Crippen molar-refractivity contribution in [2.24, 2.45) is 0 Å². The van der Waals surface area contributed by atoms with Gasteiger partial charge in [-0.3, -0.25) is 0 Å². The maximum atomic E-state index is 14.4. The molecule has 0 aliphatic heterocycles. The number of benzene rings is 2. The first-order valence-electron chi connectivity index (χ1n) is 10.2. The molecule has 0 fully saturated rings. The van der Waals surface area contributed by atoms with Crippen LogP contribution in [0.25, 0.3) is 10.9 Å². The fourth-order valence-electron chi connectivity index (χ4n) is 3.13. The molecule has 0 saturated heterocycles. The highest BCUT2D eigenvalue weighted by atomic mass is 19.4. The highest BCUT2D eigenvalue weighted by molar-refractivity contribution is 5.91. The van der Waals surface area contributed by atoms with Crippen LogP contribution in [0, 0.1) is 18.6 Å². The van der Waals surface area contributed by atoms with Gasteiger partial charge in [0.15, 0.2) is 11.5 Å². The Morgan fingerprint density at radius 3 is 2.29 bits per heavy atom. The molecule has 3 aromatic rings. The summed E-state index contributed by atoms with van der Waals surface area (Å²) in [5, 5.41) is 3.24. The normalized spacial score (nSPS) is 12.2. The quantitative estimate of drug-likeness (QED) is 0.416. The van der Waals surface area contributed by atoms with Crippen LogP contribution >= 0.6 is 0 Å². The molecule has 0 saturated carbocycles. The van der Waals surface area contributed by atoms with Gasteiger partial charge in [-0.05, 0) is 39.0 Å². The van der Waals surface area contributed by atoms with Crippen LogP contribution in [0.2, 0.25) is 0 Å². The summed E-state index contributed by atoms with van der Waals surface area (Å²) >= 11 is 0. The van der Waals surface area contributed by atoms with Crippen molar-refractivity contribution in [3.63, 3.8) is 0 Å². The van der Waals surface area contributed by atoms with Gasteiger partial charge in [0.05, 0.1) is 23.8 Å². The summed E-state index contributed by atoms with van der Waals surface area (Å²) in [6.07, 6.45) is -5.03. The molecule has 11 heteroatoms. The van der Waals surface area contributed by atoms with Gasteiger partial charge < -0.3 is 19.5 Å². The lowest BCUT2D eigenvalue weighted by Crippen LogP contribution is -2.30. The van der Waals surface area contributed by atoms with Crippen LogP contribution < -0.4 is 14.8 Å². The number of hydrogen-bond donors (Lipinski definition) is 1. The topological polar surface area (TPSA) is 65.5 Å². The average Bonchev–Trinajstić information content (AvgIpc) is 2.76. The molecule has 184 valence electrons. The lowest BCUT2D eigenvalue weighted by atomic mass is 10.1. The summed E-state index contributed by atoms with van der Waals surface area (Å²) < 4.78 is 84.0. The average molecular weight is 485 g/mol. The Bertz CT molecular complexity index is 1200. The molecule has 0 unspecified atom stereocenters. The van der Waals surface area contributed by atoms with E-state index in [9.17, 15) is 22.0 Å². The maximum Gasteiger partial charge on any atom is 0.419 e. The predicted octanol–water partition coefficient (Wildman–Crippen LogP) is 5.66. The number of fused-ring (bicyclic) bond motifs is 1. The van der Waals surface area contributed by atoms with Gasteiger partial charge >= 0.3 is 6.18 Å². The lowest BCUT2D eigenvalue weighted by Gasteiger charge is -2.24. The van der Waals surface area contributed by atoms with Crippen molar-refractivity contribution < 1.29 is 36.2 Å². The smallest absolute Gasteiger partial charge is 0.419 e. The summed E-state index contributed by atoms with van der Waals surface area (Å²) in [6.45, 7) is 5.03. The molecule has 0 amide bonds. The SMILES string of the molecule is COc1cc2nc(C)nc(NCc3cc(F)cc(C(F)(F)F)c3F)c2cc1OCC(C)(C)OC. The molecule has 0 aliphatic rings. The van der Waals surface area contributed by atoms with E-state index in [0.717, 1.165) is 0 Å². The van der Waals surface area contributed by atoms with Crippen molar-refractivity contribution in [3.05, 3.63) is 52.9 Å². The number of methoxy groups -OCH3 is 2. The van der Waals surface area contributed by atoms with E-state index in [-0.39, 0.29) is 18.5 Å². The molecule has 0 aliphatic carbocycles. The van der Waals surface area contributed by atoms with E-state index in [2.05, 4.69) is 15.3 Å². The van der Waals surface area contributed by atoms with Gasteiger partial charge in [0.1, 0.15) is 29.9 Å². The Morgan fingerprint density at radius 2 is 1.68 bits per heavy atom. The van der Waals surface area contributed by atoms with Crippen LogP contribution in [0.5, 0.6) is 11.5 Å². The van der Waals surface area contributed by atoms with Crippen molar-refractivity contribution in [2.75, 3.05) is 26.1 Å². The monoisotopic (exact) mass is 485 g/mol.